The predicted octanol–water partition coefficient (Wildman–Crippen LogP) is 3.35. The van der Waals surface area contributed by atoms with Gasteiger partial charge in [0.2, 0.25) is 11.0 Å². The number of hydrogen-bond acceptors (Lipinski definition) is 6. The largest absolute Gasteiger partial charge is 0.376 e. The summed E-state index contributed by atoms with van der Waals surface area (Å²) in [4.78, 5) is 14.1. The van der Waals surface area contributed by atoms with Crippen molar-refractivity contribution >= 4 is 22.4 Å². The Hall–Kier alpha value is -1.99. The lowest BCUT2D eigenvalue weighted by molar-refractivity contribution is -0.122. The van der Waals surface area contributed by atoms with Crippen molar-refractivity contribution in [3.8, 4) is 10.6 Å². The molecular weight excluding hydrogens is 384 g/mol. The van der Waals surface area contributed by atoms with Gasteiger partial charge in [-0.3, -0.25) is 4.79 Å². The number of benzene rings is 1. The summed E-state index contributed by atoms with van der Waals surface area (Å²) in [5, 5.41) is 14.0. The first-order chi connectivity index (χ1) is 14.2. The summed E-state index contributed by atoms with van der Waals surface area (Å²) >= 11 is 1.67. The van der Waals surface area contributed by atoms with Crippen molar-refractivity contribution in [2.24, 2.45) is 17.8 Å². The molecule has 7 heteroatoms. The van der Waals surface area contributed by atoms with Gasteiger partial charge in [0.15, 0.2) is 0 Å². The van der Waals surface area contributed by atoms with Crippen molar-refractivity contribution in [1.82, 2.24) is 15.5 Å². The molecule has 0 spiro atoms. The summed E-state index contributed by atoms with van der Waals surface area (Å²) in [6.07, 6.45) is 4.72. The maximum absolute atomic E-state index is 11.7. The molecule has 4 atom stereocenters. The van der Waals surface area contributed by atoms with E-state index in [4.69, 9.17) is 4.74 Å². The van der Waals surface area contributed by atoms with Gasteiger partial charge < -0.3 is 15.0 Å². The molecule has 0 radical (unpaired) electrons. The van der Waals surface area contributed by atoms with E-state index >= 15 is 0 Å². The quantitative estimate of drug-likeness (QED) is 0.788. The molecule has 1 aromatic carbocycles. The molecule has 6 nitrogen and oxygen atoms in total. The molecule has 0 bridgehead atoms. The molecule has 3 fully saturated rings. The first-order valence-corrected chi connectivity index (χ1v) is 11.5. The number of ether oxygens (including phenoxy) is 1. The second kappa shape index (κ2) is 8.03. The van der Waals surface area contributed by atoms with Gasteiger partial charge >= 0.3 is 0 Å². The second-order valence-corrected chi connectivity index (χ2v) is 9.73. The molecular formula is C22H28N4O2S. The van der Waals surface area contributed by atoms with Gasteiger partial charge in [-0.05, 0) is 43.4 Å². The monoisotopic (exact) mass is 412 g/mol. The maximum atomic E-state index is 11.7. The molecule has 154 valence electrons. The number of carbonyl (C=O) groups excluding carboxylic acids is 1. The summed E-state index contributed by atoms with van der Waals surface area (Å²) in [6, 6.07) is 10.4. The minimum absolute atomic E-state index is 0.0416. The highest BCUT2D eigenvalue weighted by atomic mass is 32.1. The molecule has 29 heavy (non-hydrogen) atoms. The zero-order chi connectivity index (χ0) is 19.8. The first kappa shape index (κ1) is 19.0. The predicted molar refractivity (Wildman–Crippen MR) is 114 cm³/mol. The van der Waals surface area contributed by atoms with Gasteiger partial charge in [0.05, 0.1) is 12.1 Å². The van der Waals surface area contributed by atoms with E-state index in [1.54, 1.807) is 18.3 Å². The summed E-state index contributed by atoms with van der Waals surface area (Å²) in [5.41, 5.74) is 1.12. The molecule has 2 heterocycles. The maximum Gasteiger partial charge on any atom is 0.217 e. The molecule has 1 saturated heterocycles. The van der Waals surface area contributed by atoms with Crippen LogP contribution in [0.15, 0.2) is 30.3 Å². The van der Waals surface area contributed by atoms with Crippen LogP contribution in [-0.4, -0.2) is 47.9 Å². The summed E-state index contributed by atoms with van der Waals surface area (Å²) in [7, 11) is 0. The lowest BCUT2D eigenvalue weighted by Crippen LogP contribution is -2.50. The van der Waals surface area contributed by atoms with Crippen LogP contribution in [0.3, 0.4) is 0 Å². The fourth-order valence-corrected chi connectivity index (χ4v) is 5.62. The highest BCUT2D eigenvalue weighted by molar-refractivity contribution is 7.18. The minimum Gasteiger partial charge on any atom is -0.376 e. The molecule has 1 aromatic heterocycles. The number of nitrogens with zero attached hydrogens (tertiary/aromatic N) is 3. The Bertz CT molecular complexity index is 854. The zero-order valence-electron chi connectivity index (χ0n) is 16.8. The van der Waals surface area contributed by atoms with Gasteiger partial charge in [-0.25, -0.2) is 0 Å². The highest BCUT2D eigenvalue weighted by Gasteiger charge is 2.44. The average Bonchev–Trinajstić information content (AvgIpc) is 3.25. The Morgan fingerprint density at radius 3 is 2.66 bits per heavy atom. The standard InChI is InChI=1S/C22H28N4O2S/c1-14(27)23-19-9-17-11-26(12-18(17)10-20(19)28-13-15-7-8-15)22-25-24-21(29-22)16-5-3-2-4-6-16/h2-6,15,17-20H,7-13H2,1H3,(H,23,27)/t17-,18+,19-,20-/m1/s1. The summed E-state index contributed by atoms with van der Waals surface area (Å²) in [6.45, 7) is 4.44. The molecule has 2 aromatic rings. The number of fused-ring (bicyclic) bond motifs is 1. The molecule has 5 rings (SSSR count). The number of amides is 1. The van der Waals surface area contributed by atoms with E-state index in [9.17, 15) is 4.79 Å². The van der Waals surface area contributed by atoms with Crippen molar-refractivity contribution in [3.05, 3.63) is 30.3 Å². The lowest BCUT2D eigenvalue weighted by Gasteiger charge is -2.38. The second-order valence-electron chi connectivity index (χ2n) is 8.77. The zero-order valence-corrected chi connectivity index (χ0v) is 17.6. The topological polar surface area (TPSA) is 67.4 Å². The van der Waals surface area contributed by atoms with Gasteiger partial charge in [0, 0.05) is 32.2 Å². The van der Waals surface area contributed by atoms with E-state index in [1.165, 1.54) is 12.8 Å². The van der Waals surface area contributed by atoms with Gasteiger partial charge in [0.25, 0.3) is 0 Å². The average molecular weight is 413 g/mol. The number of nitrogens with one attached hydrogen (secondary N) is 1. The van der Waals surface area contributed by atoms with Gasteiger partial charge in [-0.2, -0.15) is 0 Å². The summed E-state index contributed by atoms with van der Waals surface area (Å²) in [5.74, 6) is 1.94. The number of anilines is 1. The van der Waals surface area contributed by atoms with Crippen LogP contribution in [-0.2, 0) is 9.53 Å². The fourth-order valence-electron chi connectivity index (χ4n) is 4.75. The van der Waals surface area contributed by atoms with Crippen LogP contribution in [0.1, 0.15) is 32.6 Å². The Morgan fingerprint density at radius 2 is 1.93 bits per heavy atom. The Balaban J connectivity index is 1.27. The number of aromatic nitrogens is 2. The molecule has 2 aliphatic carbocycles. The molecule has 2 saturated carbocycles. The first-order valence-electron chi connectivity index (χ1n) is 10.7. The Kier molecular flexibility index (Phi) is 5.26. The molecule has 1 aliphatic heterocycles. The van der Waals surface area contributed by atoms with Crippen LogP contribution in [0.2, 0.25) is 0 Å². The van der Waals surface area contributed by atoms with Crippen molar-refractivity contribution in [3.63, 3.8) is 0 Å². The van der Waals surface area contributed by atoms with Crippen LogP contribution in [0.25, 0.3) is 10.6 Å². The number of hydrogen-bond donors (Lipinski definition) is 1. The minimum atomic E-state index is 0.0416. The van der Waals surface area contributed by atoms with Crippen LogP contribution in [0, 0.1) is 17.8 Å². The van der Waals surface area contributed by atoms with Gasteiger partial charge in [-0.1, -0.05) is 41.7 Å². The lowest BCUT2D eigenvalue weighted by atomic mass is 9.77. The van der Waals surface area contributed by atoms with Crippen molar-refractivity contribution < 1.29 is 9.53 Å². The Labute approximate surface area is 175 Å². The molecule has 1 amide bonds. The third-order valence-corrected chi connectivity index (χ3v) is 7.49. The van der Waals surface area contributed by atoms with Crippen LogP contribution in [0.5, 0.6) is 0 Å². The van der Waals surface area contributed by atoms with E-state index in [0.29, 0.717) is 11.8 Å². The van der Waals surface area contributed by atoms with Crippen molar-refractivity contribution in [2.75, 3.05) is 24.6 Å². The van der Waals surface area contributed by atoms with Crippen LogP contribution in [0.4, 0.5) is 5.13 Å². The molecule has 0 unspecified atom stereocenters. The van der Waals surface area contributed by atoms with Crippen LogP contribution < -0.4 is 10.2 Å². The van der Waals surface area contributed by atoms with E-state index in [0.717, 1.165) is 54.2 Å². The Morgan fingerprint density at radius 1 is 1.17 bits per heavy atom. The molecule has 1 N–H and O–H groups in total. The van der Waals surface area contributed by atoms with E-state index in [-0.39, 0.29) is 18.1 Å². The van der Waals surface area contributed by atoms with Gasteiger partial charge in [0.1, 0.15) is 5.01 Å². The molecule has 3 aliphatic rings. The smallest absolute Gasteiger partial charge is 0.217 e. The fraction of sp³-hybridized carbons (Fsp3) is 0.591. The number of carbonyl (C=O) groups is 1. The van der Waals surface area contributed by atoms with Crippen molar-refractivity contribution in [2.45, 2.75) is 44.8 Å². The van der Waals surface area contributed by atoms with Gasteiger partial charge in [-0.15, -0.1) is 10.2 Å². The normalized spacial score (nSPS) is 28.9. The number of rotatable bonds is 6. The van der Waals surface area contributed by atoms with Crippen molar-refractivity contribution in [1.29, 1.82) is 0 Å². The SMILES string of the molecule is CC(=O)N[C@@H]1C[C@@H]2CN(c3nnc(-c4ccccc4)s3)C[C@@H]2C[C@H]1OCC1CC1. The highest BCUT2D eigenvalue weighted by Crippen LogP contribution is 2.41. The summed E-state index contributed by atoms with van der Waals surface area (Å²) < 4.78 is 6.27. The van der Waals surface area contributed by atoms with E-state index < -0.39 is 0 Å². The third-order valence-electron chi connectivity index (χ3n) is 6.45. The van der Waals surface area contributed by atoms with E-state index in [2.05, 4.69) is 32.5 Å². The third kappa shape index (κ3) is 4.31. The van der Waals surface area contributed by atoms with E-state index in [1.807, 2.05) is 18.2 Å². The van der Waals surface area contributed by atoms with Crippen LogP contribution >= 0.6 is 11.3 Å².